The number of hydrogen-bond donors (Lipinski definition) is 2. The van der Waals surface area contributed by atoms with E-state index < -0.39 is 10.8 Å². The van der Waals surface area contributed by atoms with Crippen LogP contribution in [0.5, 0.6) is 0 Å². The zero-order valence-corrected chi connectivity index (χ0v) is 16.3. The molecule has 0 radical (unpaired) electrons. The standard InChI is InChI=1S/C18H16Cl2N4O4/c1-11(8-17(25)21-10-12-2-5-14(19)6-3-12)22-23-18(26)13-4-7-16(24(27)28)15(20)9-13/h2-7,9H,8,10H2,1H3,(H,21,25)(H,23,26). The molecule has 2 aromatic carbocycles. The molecule has 0 bridgehead atoms. The van der Waals surface area contributed by atoms with Crippen LogP contribution in [0.25, 0.3) is 0 Å². The molecule has 146 valence electrons. The van der Waals surface area contributed by atoms with Gasteiger partial charge in [-0.05, 0) is 36.8 Å². The fourth-order valence-electron chi connectivity index (χ4n) is 2.14. The van der Waals surface area contributed by atoms with Crippen LogP contribution in [0.1, 0.15) is 29.3 Å². The van der Waals surface area contributed by atoms with Gasteiger partial charge in [-0.15, -0.1) is 0 Å². The van der Waals surface area contributed by atoms with Crippen molar-refractivity contribution in [3.8, 4) is 0 Å². The third-order valence-electron chi connectivity index (χ3n) is 3.57. The predicted octanol–water partition coefficient (Wildman–Crippen LogP) is 3.71. The summed E-state index contributed by atoms with van der Waals surface area (Å²) in [5.41, 5.74) is 3.38. The Morgan fingerprint density at radius 3 is 2.43 bits per heavy atom. The van der Waals surface area contributed by atoms with Gasteiger partial charge in [0, 0.05) is 28.9 Å². The molecule has 0 spiro atoms. The fraction of sp³-hybridized carbons (Fsp3) is 0.167. The number of hydrazone groups is 1. The van der Waals surface area contributed by atoms with Crippen LogP contribution in [-0.2, 0) is 11.3 Å². The number of amides is 2. The van der Waals surface area contributed by atoms with Crippen molar-refractivity contribution in [2.75, 3.05) is 0 Å². The van der Waals surface area contributed by atoms with E-state index in [1.54, 1.807) is 31.2 Å². The van der Waals surface area contributed by atoms with Gasteiger partial charge in [0.05, 0.1) is 11.3 Å². The molecule has 0 aliphatic rings. The molecule has 0 atom stereocenters. The second-order valence-electron chi connectivity index (χ2n) is 5.79. The lowest BCUT2D eigenvalue weighted by Crippen LogP contribution is -2.26. The largest absolute Gasteiger partial charge is 0.352 e. The first-order valence-corrected chi connectivity index (χ1v) is 8.80. The third kappa shape index (κ3) is 6.33. The summed E-state index contributed by atoms with van der Waals surface area (Å²) < 4.78 is 0. The summed E-state index contributed by atoms with van der Waals surface area (Å²) in [5.74, 6) is -0.860. The van der Waals surface area contributed by atoms with Crippen LogP contribution in [0.15, 0.2) is 47.6 Å². The van der Waals surface area contributed by atoms with Crippen LogP contribution in [0, 0.1) is 10.1 Å². The van der Waals surface area contributed by atoms with Gasteiger partial charge in [-0.1, -0.05) is 35.3 Å². The summed E-state index contributed by atoms with van der Waals surface area (Å²) in [6, 6.07) is 10.7. The fourth-order valence-corrected chi connectivity index (χ4v) is 2.52. The monoisotopic (exact) mass is 422 g/mol. The first kappa shape index (κ1) is 21.3. The molecular weight excluding hydrogens is 407 g/mol. The van der Waals surface area contributed by atoms with Crippen molar-refractivity contribution in [3.63, 3.8) is 0 Å². The van der Waals surface area contributed by atoms with Gasteiger partial charge in [-0.3, -0.25) is 19.7 Å². The molecule has 0 fully saturated rings. The van der Waals surface area contributed by atoms with Gasteiger partial charge in [0.1, 0.15) is 5.02 Å². The Morgan fingerprint density at radius 2 is 1.82 bits per heavy atom. The molecule has 0 unspecified atom stereocenters. The molecule has 2 aromatic rings. The van der Waals surface area contributed by atoms with Crippen molar-refractivity contribution in [1.29, 1.82) is 0 Å². The van der Waals surface area contributed by atoms with Gasteiger partial charge in [-0.2, -0.15) is 5.10 Å². The van der Waals surface area contributed by atoms with Crippen LogP contribution in [-0.4, -0.2) is 22.4 Å². The topological polar surface area (TPSA) is 114 Å². The van der Waals surface area contributed by atoms with Crippen molar-refractivity contribution < 1.29 is 14.5 Å². The molecule has 2 N–H and O–H groups in total. The summed E-state index contributed by atoms with van der Waals surface area (Å²) in [5, 5.41) is 17.8. The van der Waals surface area contributed by atoms with Crippen molar-refractivity contribution in [1.82, 2.24) is 10.7 Å². The molecule has 28 heavy (non-hydrogen) atoms. The molecule has 0 saturated heterocycles. The summed E-state index contributed by atoms with van der Waals surface area (Å²) >= 11 is 11.6. The van der Waals surface area contributed by atoms with Gasteiger partial charge in [0.2, 0.25) is 5.91 Å². The Morgan fingerprint density at radius 1 is 1.14 bits per heavy atom. The number of nitro groups is 1. The highest BCUT2D eigenvalue weighted by molar-refractivity contribution is 6.33. The Kier molecular flexibility index (Phi) is 7.48. The lowest BCUT2D eigenvalue weighted by molar-refractivity contribution is -0.384. The van der Waals surface area contributed by atoms with Crippen molar-refractivity contribution in [3.05, 3.63) is 73.8 Å². The molecule has 0 aliphatic heterocycles. The van der Waals surface area contributed by atoms with Gasteiger partial charge >= 0.3 is 0 Å². The van der Waals surface area contributed by atoms with Crippen LogP contribution < -0.4 is 10.7 Å². The maximum absolute atomic E-state index is 12.0. The summed E-state index contributed by atoms with van der Waals surface area (Å²) in [4.78, 5) is 34.1. The predicted molar refractivity (Wildman–Crippen MR) is 107 cm³/mol. The quantitative estimate of drug-likeness (QED) is 0.401. The molecular formula is C18H16Cl2N4O4. The highest BCUT2D eigenvalue weighted by Crippen LogP contribution is 2.24. The third-order valence-corrected chi connectivity index (χ3v) is 4.13. The Labute approximate surface area is 170 Å². The number of rotatable bonds is 7. The molecule has 0 aromatic heterocycles. The molecule has 0 saturated carbocycles. The highest BCUT2D eigenvalue weighted by atomic mass is 35.5. The number of carbonyl (C=O) groups is 2. The number of halogens is 2. The average molecular weight is 423 g/mol. The van der Waals surface area contributed by atoms with E-state index in [1.165, 1.54) is 12.1 Å². The van der Waals surface area contributed by atoms with Crippen LogP contribution in [0.2, 0.25) is 10.0 Å². The van der Waals surface area contributed by atoms with Crippen LogP contribution >= 0.6 is 23.2 Å². The Hall–Kier alpha value is -2.97. The lowest BCUT2D eigenvalue weighted by Gasteiger charge is -2.06. The molecule has 8 nitrogen and oxygen atoms in total. The lowest BCUT2D eigenvalue weighted by atomic mass is 10.2. The molecule has 2 amide bonds. The molecule has 2 rings (SSSR count). The normalized spacial score (nSPS) is 11.0. The number of nitrogens with zero attached hydrogens (tertiary/aromatic N) is 2. The van der Waals surface area contributed by atoms with E-state index >= 15 is 0 Å². The Balaban J connectivity index is 1.86. The van der Waals surface area contributed by atoms with Gasteiger partial charge in [0.15, 0.2) is 0 Å². The van der Waals surface area contributed by atoms with Crippen molar-refractivity contribution >= 4 is 46.4 Å². The van der Waals surface area contributed by atoms with E-state index in [1.807, 2.05) is 0 Å². The van der Waals surface area contributed by atoms with Crippen molar-refractivity contribution in [2.24, 2.45) is 5.10 Å². The Bertz CT molecular complexity index is 930. The molecule has 0 aliphatic carbocycles. The van der Waals surface area contributed by atoms with Crippen LogP contribution in [0.3, 0.4) is 0 Å². The second-order valence-corrected chi connectivity index (χ2v) is 6.63. The van der Waals surface area contributed by atoms with Crippen LogP contribution in [0.4, 0.5) is 5.69 Å². The highest BCUT2D eigenvalue weighted by Gasteiger charge is 2.15. The minimum absolute atomic E-state index is 0.00507. The zero-order valence-electron chi connectivity index (χ0n) is 14.7. The smallest absolute Gasteiger partial charge is 0.287 e. The summed E-state index contributed by atoms with van der Waals surface area (Å²) in [6.07, 6.45) is -0.00507. The number of hydrogen-bond acceptors (Lipinski definition) is 5. The van der Waals surface area contributed by atoms with Crippen molar-refractivity contribution in [2.45, 2.75) is 19.9 Å². The van der Waals surface area contributed by atoms with E-state index in [4.69, 9.17) is 23.2 Å². The van der Waals surface area contributed by atoms with Gasteiger partial charge in [0.25, 0.3) is 11.6 Å². The number of benzene rings is 2. The zero-order chi connectivity index (χ0) is 20.7. The minimum atomic E-state index is -0.644. The van der Waals surface area contributed by atoms with E-state index in [0.29, 0.717) is 17.3 Å². The average Bonchev–Trinajstić information content (AvgIpc) is 2.65. The summed E-state index contributed by atoms with van der Waals surface area (Å²) in [6.45, 7) is 1.93. The maximum Gasteiger partial charge on any atom is 0.287 e. The SMILES string of the molecule is CC(CC(=O)NCc1ccc(Cl)cc1)=NNC(=O)c1ccc([N+](=O)[O-])c(Cl)c1. The molecule has 0 heterocycles. The first-order valence-electron chi connectivity index (χ1n) is 8.05. The van der Waals surface area contributed by atoms with Gasteiger partial charge < -0.3 is 5.32 Å². The maximum atomic E-state index is 12.0. The van der Waals surface area contributed by atoms with Gasteiger partial charge in [-0.25, -0.2) is 5.43 Å². The molecule has 10 heteroatoms. The number of carbonyl (C=O) groups excluding carboxylic acids is 2. The van der Waals surface area contributed by atoms with E-state index in [-0.39, 0.29) is 28.6 Å². The van der Waals surface area contributed by atoms with E-state index in [0.717, 1.165) is 11.6 Å². The number of nitrogens with one attached hydrogen (secondary N) is 2. The minimum Gasteiger partial charge on any atom is -0.352 e. The second kappa shape index (κ2) is 9.82. The van der Waals surface area contributed by atoms with E-state index in [9.17, 15) is 19.7 Å². The summed E-state index contributed by atoms with van der Waals surface area (Å²) in [7, 11) is 0. The first-order chi connectivity index (χ1) is 13.3. The van der Waals surface area contributed by atoms with E-state index in [2.05, 4.69) is 15.8 Å². The number of nitro benzene ring substituents is 1.